The van der Waals surface area contributed by atoms with Gasteiger partial charge in [0.05, 0.1) is 49.9 Å². The van der Waals surface area contributed by atoms with E-state index in [-0.39, 0.29) is 32.8 Å². The number of para-hydroxylation sites is 1. The number of carbonyl (C=O) groups excluding carboxylic acids is 2. The number of nitriles is 1. The predicted octanol–water partition coefficient (Wildman–Crippen LogP) is 3.13. The van der Waals surface area contributed by atoms with Crippen molar-refractivity contribution in [3.63, 3.8) is 0 Å². The van der Waals surface area contributed by atoms with E-state index in [4.69, 9.17) is 45.8 Å². The number of rotatable bonds is 17. The zero-order valence-corrected chi connectivity index (χ0v) is 23.0. The third kappa shape index (κ3) is 8.78. The third-order valence-electron chi connectivity index (χ3n) is 5.41. The quantitative estimate of drug-likeness (QED) is 0.134. The number of primary amides is 2. The molecule has 16 heteroatoms. The van der Waals surface area contributed by atoms with E-state index in [1.165, 1.54) is 0 Å². The van der Waals surface area contributed by atoms with Crippen LogP contribution in [0.5, 0.6) is 0 Å². The first kappa shape index (κ1) is 30.6. The second-order valence-corrected chi connectivity index (χ2v) is 9.58. The highest BCUT2D eigenvalue weighted by Gasteiger charge is 2.22. The SMILES string of the molecule is CCCCNc1nc2c(N)nc3ccccc3c2n1CCOP(OCCC#N)OC[C@@H](COC(N)=O)OC(N)=O. The Kier molecular flexibility index (Phi) is 11.9. The lowest BCUT2D eigenvalue weighted by Gasteiger charge is -2.21. The summed E-state index contributed by atoms with van der Waals surface area (Å²) in [7, 11) is -1.99. The fraction of sp³-hybridized carbons (Fsp3) is 0.458. The van der Waals surface area contributed by atoms with E-state index in [0.717, 1.165) is 29.3 Å². The van der Waals surface area contributed by atoms with E-state index >= 15 is 0 Å². The number of aromatic nitrogens is 3. The van der Waals surface area contributed by atoms with Gasteiger partial charge in [-0.05, 0) is 12.5 Å². The maximum Gasteiger partial charge on any atom is 0.404 e. The summed E-state index contributed by atoms with van der Waals surface area (Å²) in [5, 5.41) is 13.1. The second kappa shape index (κ2) is 15.6. The molecule has 0 radical (unpaired) electrons. The number of amides is 2. The molecular formula is C24H33N8O7P. The van der Waals surface area contributed by atoms with Crippen molar-refractivity contribution in [2.24, 2.45) is 11.5 Å². The molecule has 0 fully saturated rings. The fourth-order valence-electron chi connectivity index (χ4n) is 3.67. The van der Waals surface area contributed by atoms with E-state index in [2.05, 4.69) is 22.0 Å². The lowest BCUT2D eigenvalue weighted by Crippen LogP contribution is -2.32. The number of hydrogen-bond acceptors (Lipinski definition) is 12. The summed E-state index contributed by atoms with van der Waals surface area (Å²) < 4.78 is 28.7. The Balaban J connectivity index is 1.78. The minimum atomic E-state index is -1.99. The normalized spacial score (nSPS) is 12.6. The van der Waals surface area contributed by atoms with Crippen molar-refractivity contribution in [2.75, 3.05) is 44.0 Å². The Morgan fingerprint density at radius 2 is 1.90 bits per heavy atom. The maximum absolute atomic E-state index is 11.2. The molecule has 7 N–H and O–H groups in total. The third-order valence-corrected chi connectivity index (χ3v) is 6.55. The molecule has 0 aliphatic carbocycles. The van der Waals surface area contributed by atoms with E-state index in [1.807, 2.05) is 34.9 Å². The molecule has 0 saturated carbocycles. The summed E-state index contributed by atoms with van der Waals surface area (Å²) in [5.41, 5.74) is 18.4. The van der Waals surface area contributed by atoms with Crippen molar-refractivity contribution in [3.8, 4) is 6.07 Å². The van der Waals surface area contributed by atoms with E-state index in [9.17, 15) is 9.59 Å². The summed E-state index contributed by atoms with van der Waals surface area (Å²) in [4.78, 5) is 31.4. The lowest BCUT2D eigenvalue weighted by molar-refractivity contribution is 0.0188. The number of hydrogen-bond donors (Lipinski definition) is 4. The molecular weight excluding hydrogens is 543 g/mol. The topological polar surface area (TPSA) is 225 Å². The minimum absolute atomic E-state index is 0.0476. The number of unbranched alkanes of at least 4 members (excludes halogenated alkanes) is 1. The number of nitrogens with one attached hydrogen (secondary N) is 1. The molecule has 0 saturated heterocycles. The number of anilines is 2. The van der Waals surface area contributed by atoms with Gasteiger partial charge in [-0.15, -0.1) is 0 Å². The van der Waals surface area contributed by atoms with Crippen molar-refractivity contribution in [2.45, 2.75) is 38.8 Å². The van der Waals surface area contributed by atoms with Crippen LogP contribution in [0.3, 0.4) is 0 Å². The monoisotopic (exact) mass is 576 g/mol. The highest BCUT2D eigenvalue weighted by Crippen LogP contribution is 2.40. The molecule has 2 heterocycles. The number of fused-ring (bicyclic) bond motifs is 3. The number of carbonyl (C=O) groups is 2. The maximum atomic E-state index is 11.2. The first-order valence-electron chi connectivity index (χ1n) is 12.6. The van der Waals surface area contributed by atoms with E-state index < -0.39 is 26.9 Å². The van der Waals surface area contributed by atoms with Gasteiger partial charge in [-0.3, -0.25) is 0 Å². The molecule has 1 aromatic carbocycles. The molecule has 3 rings (SSSR count). The van der Waals surface area contributed by atoms with Gasteiger partial charge in [0.1, 0.15) is 12.1 Å². The van der Waals surface area contributed by atoms with Crippen LogP contribution in [0.4, 0.5) is 21.4 Å². The van der Waals surface area contributed by atoms with E-state index in [1.54, 1.807) is 0 Å². The smallest absolute Gasteiger partial charge is 0.404 e. The highest BCUT2D eigenvalue weighted by atomic mass is 31.2. The number of imidazole rings is 1. The van der Waals surface area contributed by atoms with Gasteiger partial charge in [-0.1, -0.05) is 31.5 Å². The van der Waals surface area contributed by atoms with Crippen LogP contribution in [0.15, 0.2) is 24.3 Å². The number of ether oxygens (including phenoxy) is 2. The second-order valence-electron chi connectivity index (χ2n) is 8.36. The van der Waals surface area contributed by atoms with E-state index in [0.29, 0.717) is 30.4 Å². The number of pyridine rings is 1. The van der Waals surface area contributed by atoms with Crippen LogP contribution in [-0.4, -0.2) is 65.8 Å². The molecule has 216 valence electrons. The summed E-state index contributed by atoms with van der Waals surface area (Å²) in [6.07, 6.45) is -1.13. The Bertz CT molecular complexity index is 1330. The van der Waals surface area contributed by atoms with Crippen LogP contribution < -0.4 is 22.5 Å². The Hall–Kier alpha value is -3.96. The van der Waals surface area contributed by atoms with Crippen molar-refractivity contribution in [1.29, 1.82) is 5.26 Å². The molecule has 3 aromatic rings. The number of nitrogens with zero attached hydrogens (tertiary/aromatic N) is 4. The van der Waals surface area contributed by atoms with Gasteiger partial charge in [-0.2, -0.15) is 5.26 Å². The van der Waals surface area contributed by atoms with Crippen LogP contribution in [-0.2, 0) is 29.6 Å². The van der Waals surface area contributed by atoms with Crippen molar-refractivity contribution in [3.05, 3.63) is 24.3 Å². The lowest BCUT2D eigenvalue weighted by atomic mass is 10.2. The summed E-state index contributed by atoms with van der Waals surface area (Å²) in [6.45, 7) is 2.69. The van der Waals surface area contributed by atoms with Crippen LogP contribution >= 0.6 is 8.60 Å². The largest absolute Gasteiger partial charge is 0.446 e. The molecule has 2 aromatic heterocycles. The van der Waals surface area contributed by atoms with Gasteiger partial charge in [0.25, 0.3) is 0 Å². The minimum Gasteiger partial charge on any atom is -0.446 e. The van der Waals surface area contributed by atoms with Gasteiger partial charge in [0.15, 0.2) is 11.9 Å². The average Bonchev–Trinajstić information content (AvgIpc) is 3.29. The molecule has 0 spiro atoms. The Labute approximate surface area is 231 Å². The van der Waals surface area contributed by atoms with Crippen LogP contribution in [0.1, 0.15) is 26.2 Å². The van der Waals surface area contributed by atoms with Gasteiger partial charge < -0.3 is 50.1 Å². The van der Waals surface area contributed by atoms with Crippen molar-refractivity contribution < 1.29 is 32.6 Å². The van der Waals surface area contributed by atoms with Crippen LogP contribution in [0.2, 0.25) is 0 Å². The standard InChI is InChI=1S/C24H33N8O7P/c1-2-3-10-29-24-31-19-20(17-7-4-5-8-18(17)30-21(19)26)32(24)11-13-37-40(36-12-6-9-25)38-15-16(39-23(28)34)14-35-22(27)33/h4-5,7-8,16H,2-3,6,10-15H2,1H3,(H2,26,30)(H2,27,33)(H2,28,34)(H,29,31)/t16-,40?/m1/s1. The van der Waals surface area contributed by atoms with Gasteiger partial charge >= 0.3 is 20.8 Å². The van der Waals surface area contributed by atoms with Crippen molar-refractivity contribution in [1.82, 2.24) is 14.5 Å². The molecule has 2 atom stereocenters. The van der Waals surface area contributed by atoms with Crippen molar-refractivity contribution >= 4 is 54.5 Å². The molecule has 2 amide bonds. The van der Waals surface area contributed by atoms with Crippen LogP contribution in [0, 0.1) is 11.3 Å². The van der Waals surface area contributed by atoms with Gasteiger partial charge in [-0.25, -0.2) is 19.6 Å². The molecule has 40 heavy (non-hydrogen) atoms. The Morgan fingerprint density at radius 1 is 1.12 bits per heavy atom. The first-order chi connectivity index (χ1) is 19.3. The number of nitrogen functional groups attached to an aromatic ring is 1. The predicted molar refractivity (Wildman–Crippen MR) is 148 cm³/mol. The summed E-state index contributed by atoms with van der Waals surface area (Å²) in [6, 6.07) is 9.61. The molecule has 0 aliphatic heterocycles. The zero-order valence-electron chi connectivity index (χ0n) is 22.1. The summed E-state index contributed by atoms with van der Waals surface area (Å²) in [5.74, 6) is 0.932. The van der Waals surface area contributed by atoms with Gasteiger partial charge in [0.2, 0.25) is 5.95 Å². The molecule has 0 bridgehead atoms. The first-order valence-corrected chi connectivity index (χ1v) is 13.7. The molecule has 0 aliphatic rings. The number of nitrogens with two attached hydrogens (primary N) is 3. The molecule has 1 unspecified atom stereocenters. The number of benzene rings is 1. The molecule has 15 nitrogen and oxygen atoms in total. The Morgan fingerprint density at radius 3 is 2.62 bits per heavy atom. The average molecular weight is 577 g/mol. The highest BCUT2D eigenvalue weighted by molar-refractivity contribution is 7.41. The summed E-state index contributed by atoms with van der Waals surface area (Å²) >= 11 is 0. The zero-order chi connectivity index (χ0) is 28.9. The fourth-order valence-corrected chi connectivity index (χ4v) is 4.65. The van der Waals surface area contributed by atoms with Crippen LogP contribution in [0.25, 0.3) is 21.9 Å². The van der Waals surface area contributed by atoms with Gasteiger partial charge in [0, 0.05) is 11.9 Å².